The van der Waals surface area contributed by atoms with Crippen molar-refractivity contribution >= 4 is 23.5 Å². The lowest BCUT2D eigenvalue weighted by molar-refractivity contribution is 0.629. The van der Waals surface area contributed by atoms with Gasteiger partial charge in [0.1, 0.15) is 0 Å². The molecule has 142 valence electrons. The zero-order valence-electron chi connectivity index (χ0n) is 16.4. The summed E-state index contributed by atoms with van der Waals surface area (Å²) in [5, 5.41) is 1.83. The minimum Gasteiger partial charge on any atom is -0.231 e. The first-order chi connectivity index (χ1) is 12.6. The van der Waals surface area contributed by atoms with Crippen LogP contribution in [0, 0.1) is 27.7 Å². The summed E-state index contributed by atoms with van der Waals surface area (Å²) in [6, 6.07) is 0. The number of hydrogen-bond acceptors (Lipinski definition) is 6. The Morgan fingerprint density at radius 2 is 1.00 bits per heavy atom. The van der Waals surface area contributed by atoms with Crippen molar-refractivity contribution in [1.29, 1.82) is 0 Å². The quantitative estimate of drug-likeness (QED) is 0.278. The summed E-state index contributed by atoms with van der Waals surface area (Å²) < 4.78 is 0. The molecule has 2 heterocycles. The van der Waals surface area contributed by atoms with Crippen molar-refractivity contribution in [2.45, 2.75) is 76.5 Å². The van der Waals surface area contributed by atoms with Gasteiger partial charge in [-0.3, -0.25) is 0 Å². The van der Waals surface area contributed by atoms with E-state index in [-0.39, 0.29) is 0 Å². The van der Waals surface area contributed by atoms with Crippen LogP contribution >= 0.6 is 23.5 Å². The Hall–Kier alpha value is -1.14. The third-order valence-electron chi connectivity index (χ3n) is 4.41. The van der Waals surface area contributed by atoms with Gasteiger partial charge in [0, 0.05) is 35.3 Å². The van der Waals surface area contributed by atoms with Gasteiger partial charge in [0.15, 0.2) is 10.3 Å². The van der Waals surface area contributed by atoms with Crippen molar-refractivity contribution < 1.29 is 0 Å². The van der Waals surface area contributed by atoms with Crippen molar-refractivity contribution in [3.8, 4) is 0 Å². The molecule has 0 unspecified atom stereocenters. The predicted octanol–water partition coefficient (Wildman–Crippen LogP) is 5.73. The summed E-state index contributed by atoms with van der Waals surface area (Å²) >= 11 is 3.55. The molecule has 2 rings (SSSR count). The standard InChI is InChI=1S/C20H30N4S2/c1-15-13-21-19(23-17(15)3)25-11-9-7-5-6-8-10-12-26-20-22-14-16(2)18(4)24-20/h13-14H,5-12H2,1-4H3. The van der Waals surface area contributed by atoms with Crippen molar-refractivity contribution in [2.75, 3.05) is 11.5 Å². The third-order valence-corrected chi connectivity index (χ3v) is 6.30. The van der Waals surface area contributed by atoms with E-state index in [9.17, 15) is 0 Å². The highest BCUT2D eigenvalue weighted by molar-refractivity contribution is 7.99. The number of rotatable bonds is 11. The van der Waals surface area contributed by atoms with Crippen LogP contribution < -0.4 is 0 Å². The summed E-state index contributed by atoms with van der Waals surface area (Å²) in [6.07, 6.45) is 11.6. The molecule has 0 bridgehead atoms. The van der Waals surface area contributed by atoms with Crippen LogP contribution in [0.4, 0.5) is 0 Å². The fourth-order valence-corrected chi connectivity index (χ4v) is 4.11. The molecule has 2 aromatic heterocycles. The van der Waals surface area contributed by atoms with E-state index in [0.29, 0.717) is 0 Å². The molecule has 6 heteroatoms. The van der Waals surface area contributed by atoms with Crippen molar-refractivity contribution in [2.24, 2.45) is 0 Å². The summed E-state index contributed by atoms with van der Waals surface area (Å²) in [7, 11) is 0. The largest absolute Gasteiger partial charge is 0.231 e. The number of aromatic nitrogens is 4. The molecule has 0 spiro atoms. The van der Waals surface area contributed by atoms with Crippen LogP contribution in [-0.4, -0.2) is 31.4 Å². The highest BCUT2D eigenvalue weighted by Gasteiger charge is 2.02. The van der Waals surface area contributed by atoms with E-state index in [1.165, 1.54) is 38.5 Å². The van der Waals surface area contributed by atoms with Gasteiger partial charge in [-0.1, -0.05) is 49.2 Å². The Morgan fingerprint density at radius 1 is 0.615 bits per heavy atom. The van der Waals surface area contributed by atoms with Crippen molar-refractivity contribution in [1.82, 2.24) is 19.9 Å². The van der Waals surface area contributed by atoms with Gasteiger partial charge in [0.05, 0.1) is 0 Å². The molecule has 0 saturated carbocycles. The van der Waals surface area contributed by atoms with E-state index in [2.05, 4.69) is 33.8 Å². The topological polar surface area (TPSA) is 51.6 Å². The first-order valence-corrected chi connectivity index (χ1v) is 11.4. The highest BCUT2D eigenvalue weighted by atomic mass is 32.2. The van der Waals surface area contributed by atoms with E-state index < -0.39 is 0 Å². The number of hydrogen-bond donors (Lipinski definition) is 0. The molecule has 0 radical (unpaired) electrons. The third kappa shape index (κ3) is 7.62. The molecule has 0 fully saturated rings. The number of unbranched alkanes of at least 4 members (excludes halogenated alkanes) is 5. The Morgan fingerprint density at radius 3 is 1.38 bits per heavy atom. The van der Waals surface area contributed by atoms with Crippen LogP contribution in [0.25, 0.3) is 0 Å². The monoisotopic (exact) mass is 390 g/mol. The second kappa shape index (κ2) is 11.5. The maximum absolute atomic E-state index is 4.51. The van der Waals surface area contributed by atoms with E-state index >= 15 is 0 Å². The lowest BCUT2D eigenvalue weighted by Gasteiger charge is -2.04. The summed E-state index contributed by atoms with van der Waals surface area (Å²) in [6.45, 7) is 8.20. The number of thioether (sulfide) groups is 2. The van der Waals surface area contributed by atoms with Gasteiger partial charge < -0.3 is 0 Å². The molecule has 0 N–H and O–H groups in total. The van der Waals surface area contributed by atoms with Crippen LogP contribution in [0.3, 0.4) is 0 Å². The normalized spacial score (nSPS) is 11.1. The molecule has 0 amide bonds. The SMILES string of the molecule is Cc1cnc(SCCCCCCCCSc2ncc(C)c(C)n2)nc1C. The Labute approximate surface area is 166 Å². The van der Waals surface area contributed by atoms with E-state index in [1.807, 2.05) is 26.2 Å². The number of nitrogens with zero attached hydrogens (tertiary/aromatic N) is 4. The molecule has 0 saturated heterocycles. The zero-order valence-corrected chi connectivity index (χ0v) is 18.0. The van der Waals surface area contributed by atoms with Crippen LogP contribution in [-0.2, 0) is 0 Å². The highest BCUT2D eigenvalue weighted by Crippen LogP contribution is 2.19. The molecule has 26 heavy (non-hydrogen) atoms. The Bertz CT molecular complexity index is 632. The lowest BCUT2D eigenvalue weighted by atomic mass is 10.1. The molecule has 0 aliphatic heterocycles. The van der Waals surface area contributed by atoms with Gasteiger partial charge in [-0.2, -0.15) is 0 Å². The molecular formula is C20H30N4S2. The van der Waals surface area contributed by atoms with E-state index in [0.717, 1.165) is 44.3 Å². The zero-order chi connectivity index (χ0) is 18.8. The maximum atomic E-state index is 4.51. The number of aryl methyl sites for hydroxylation is 4. The maximum Gasteiger partial charge on any atom is 0.187 e. The van der Waals surface area contributed by atoms with Crippen molar-refractivity contribution in [3.63, 3.8) is 0 Å². The smallest absolute Gasteiger partial charge is 0.187 e. The molecule has 0 aliphatic carbocycles. The summed E-state index contributed by atoms with van der Waals surface area (Å²) in [5.41, 5.74) is 4.51. The van der Waals surface area contributed by atoms with E-state index in [4.69, 9.17) is 0 Å². The Balaban J connectivity index is 1.45. The fraction of sp³-hybridized carbons (Fsp3) is 0.600. The van der Waals surface area contributed by atoms with Gasteiger partial charge in [0.2, 0.25) is 0 Å². The summed E-state index contributed by atoms with van der Waals surface area (Å²) in [5.74, 6) is 2.23. The van der Waals surface area contributed by atoms with Gasteiger partial charge in [0.25, 0.3) is 0 Å². The fourth-order valence-electron chi connectivity index (χ4n) is 2.39. The second-order valence-electron chi connectivity index (χ2n) is 6.66. The van der Waals surface area contributed by atoms with Crippen LogP contribution in [0.5, 0.6) is 0 Å². The average Bonchev–Trinajstić information content (AvgIpc) is 2.62. The van der Waals surface area contributed by atoms with Gasteiger partial charge in [-0.05, 0) is 51.7 Å². The molecule has 0 atom stereocenters. The Kier molecular flexibility index (Phi) is 9.40. The minimum atomic E-state index is 0.915. The molecule has 2 aromatic rings. The van der Waals surface area contributed by atoms with Crippen LogP contribution in [0.2, 0.25) is 0 Å². The van der Waals surface area contributed by atoms with Crippen LogP contribution in [0.1, 0.15) is 61.0 Å². The van der Waals surface area contributed by atoms with Gasteiger partial charge in [-0.25, -0.2) is 19.9 Å². The van der Waals surface area contributed by atoms with E-state index in [1.54, 1.807) is 23.5 Å². The molecule has 0 aromatic carbocycles. The first-order valence-electron chi connectivity index (χ1n) is 9.42. The second-order valence-corrected chi connectivity index (χ2v) is 8.78. The molecular weight excluding hydrogens is 360 g/mol. The summed E-state index contributed by atoms with van der Waals surface area (Å²) in [4.78, 5) is 17.8. The predicted molar refractivity (Wildman–Crippen MR) is 112 cm³/mol. The molecule has 4 nitrogen and oxygen atoms in total. The van der Waals surface area contributed by atoms with Gasteiger partial charge >= 0.3 is 0 Å². The average molecular weight is 391 g/mol. The van der Waals surface area contributed by atoms with Crippen LogP contribution in [0.15, 0.2) is 22.7 Å². The van der Waals surface area contributed by atoms with Gasteiger partial charge in [-0.15, -0.1) is 0 Å². The lowest BCUT2D eigenvalue weighted by Crippen LogP contribution is -1.94. The molecule has 0 aliphatic rings. The first kappa shape index (κ1) is 21.2. The van der Waals surface area contributed by atoms with Crippen molar-refractivity contribution in [3.05, 3.63) is 34.9 Å². The minimum absolute atomic E-state index is 0.915.